The number of carboxylic acid groups (broad SMARTS) is 1. The lowest BCUT2D eigenvalue weighted by atomic mass is 9.31. The fourth-order valence-corrected chi connectivity index (χ4v) is 10.5. The fourth-order valence-electron chi connectivity index (χ4n) is 10.5. The van der Waals surface area contributed by atoms with Gasteiger partial charge in [-0.05, 0) is 114 Å². The normalized spacial score (nSPS) is 52.2. The van der Waals surface area contributed by atoms with Crippen LogP contribution in [0, 0.1) is 50.2 Å². The lowest BCUT2D eigenvalue weighted by Gasteiger charge is -2.74. The monoisotopic (exact) mass is 460 g/mol. The third-order valence-corrected chi connectivity index (χ3v) is 13.2. The van der Waals surface area contributed by atoms with Crippen molar-refractivity contribution in [3.63, 3.8) is 0 Å². The van der Waals surface area contributed by atoms with Crippen molar-refractivity contribution in [1.29, 1.82) is 0 Å². The van der Waals surface area contributed by atoms with E-state index >= 15 is 0 Å². The molecule has 2 N–H and O–H groups in total. The Morgan fingerprint density at radius 2 is 1.42 bits per heavy atom. The number of hydrogen-bond donors (Lipinski definition) is 2. The molecule has 4 fully saturated rings. The maximum Gasteiger partial charge on any atom is 0.332 e. The summed E-state index contributed by atoms with van der Waals surface area (Å²) in [6, 6.07) is 0. The second-order valence-electron chi connectivity index (χ2n) is 15.2. The summed E-state index contributed by atoms with van der Waals surface area (Å²) in [5.74, 6) is 0.602. The average molecular weight is 461 g/mol. The van der Waals surface area contributed by atoms with Crippen molar-refractivity contribution in [2.75, 3.05) is 0 Å². The minimum Gasteiger partial charge on any atom is -0.479 e. The Labute approximate surface area is 203 Å². The molecule has 0 saturated heterocycles. The van der Waals surface area contributed by atoms with Gasteiger partial charge in [-0.25, -0.2) is 4.79 Å². The van der Waals surface area contributed by atoms with E-state index in [0.717, 1.165) is 12.3 Å². The van der Waals surface area contributed by atoms with E-state index in [1.54, 1.807) is 0 Å². The van der Waals surface area contributed by atoms with Gasteiger partial charge in [0.1, 0.15) is 0 Å². The summed E-state index contributed by atoms with van der Waals surface area (Å²) in [7, 11) is 0. The minimum absolute atomic E-state index is 0.103. The molecule has 9 atom stereocenters. The highest BCUT2D eigenvalue weighted by molar-refractivity contribution is 5.71. The quantitative estimate of drug-likeness (QED) is 0.452. The van der Waals surface area contributed by atoms with Crippen molar-refractivity contribution in [3.05, 3.63) is 0 Å². The molecule has 0 aromatic rings. The van der Waals surface area contributed by atoms with Crippen LogP contribution in [0.5, 0.6) is 0 Å². The molecule has 3 nitrogen and oxygen atoms in total. The number of aliphatic carboxylic acids is 1. The maximum atomic E-state index is 11.7. The van der Waals surface area contributed by atoms with Crippen LogP contribution < -0.4 is 0 Å². The summed E-state index contributed by atoms with van der Waals surface area (Å²) in [6.45, 7) is 20.0. The van der Waals surface area contributed by atoms with Gasteiger partial charge in [0, 0.05) is 0 Å². The van der Waals surface area contributed by atoms with Gasteiger partial charge in [-0.3, -0.25) is 0 Å². The molecule has 0 aliphatic heterocycles. The fraction of sp³-hybridized carbons (Fsp3) is 0.967. The molecule has 0 radical (unpaired) electrons. The van der Waals surface area contributed by atoms with Crippen molar-refractivity contribution in [1.82, 2.24) is 0 Å². The second-order valence-corrected chi connectivity index (χ2v) is 15.2. The summed E-state index contributed by atoms with van der Waals surface area (Å²) >= 11 is 0. The lowest BCUT2D eigenvalue weighted by Crippen LogP contribution is -2.66. The Hall–Kier alpha value is -0.570. The highest BCUT2D eigenvalue weighted by atomic mass is 16.4. The summed E-state index contributed by atoms with van der Waals surface area (Å²) in [4.78, 5) is 11.7. The zero-order valence-corrected chi connectivity index (χ0v) is 22.9. The predicted molar refractivity (Wildman–Crippen MR) is 135 cm³/mol. The first-order valence-corrected chi connectivity index (χ1v) is 14.0. The number of aliphatic hydroxyl groups excluding tert-OH is 1. The van der Waals surface area contributed by atoms with E-state index in [9.17, 15) is 15.0 Å². The molecule has 190 valence electrons. The number of hydrogen-bond acceptors (Lipinski definition) is 2. The van der Waals surface area contributed by atoms with Crippen LogP contribution in [0.25, 0.3) is 0 Å². The van der Waals surface area contributed by atoms with Gasteiger partial charge in [0.15, 0.2) is 6.10 Å². The topological polar surface area (TPSA) is 57.5 Å². The predicted octanol–water partition coefficient (Wildman–Crippen LogP) is 7.70. The highest BCUT2D eigenvalue weighted by Crippen LogP contribution is 2.77. The van der Waals surface area contributed by atoms with Gasteiger partial charge in [-0.15, -0.1) is 0 Å². The summed E-state index contributed by atoms with van der Waals surface area (Å²) in [6.07, 6.45) is 11.8. The molecule has 0 aromatic heterocycles. The molecule has 33 heavy (non-hydrogen) atoms. The Balaban J connectivity index is 1.75. The molecule has 0 aromatic carbocycles. The Morgan fingerprint density at radius 1 is 0.848 bits per heavy atom. The molecule has 0 unspecified atom stereocenters. The van der Waals surface area contributed by atoms with Crippen LogP contribution in [-0.2, 0) is 4.79 Å². The number of rotatable bonds is 4. The number of carboxylic acids is 1. The first-order valence-electron chi connectivity index (χ1n) is 14.0. The van der Waals surface area contributed by atoms with Crippen molar-refractivity contribution in [3.8, 4) is 0 Å². The van der Waals surface area contributed by atoms with Crippen LogP contribution >= 0.6 is 0 Å². The number of aliphatic hydroxyl groups is 1. The molecule has 4 aliphatic rings. The van der Waals surface area contributed by atoms with E-state index in [0.29, 0.717) is 34.0 Å². The van der Waals surface area contributed by atoms with E-state index < -0.39 is 12.1 Å². The third-order valence-electron chi connectivity index (χ3n) is 13.2. The van der Waals surface area contributed by atoms with Crippen LogP contribution in [0.1, 0.15) is 126 Å². The van der Waals surface area contributed by atoms with Crippen LogP contribution in [0.15, 0.2) is 0 Å². The summed E-state index contributed by atoms with van der Waals surface area (Å²) in [5, 5.41) is 20.1. The van der Waals surface area contributed by atoms with E-state index in [1.165, 1.54) is 57.8 Å². The molecule has 3 heteroatoms. The molecule has 0 amide bonds. The number of fused-ring (bicyclic) bond motifs is 5. The summed E-state index contributed by atoms with van der Waals surface area (Å²) in [5.41, 5.74) is 1.76. The van der Waals surface area contributed by atoms with Gasteiger partial charge in [0.05, 0.1) is 0 Å². The molecule has 4 saturated carbocycles. The van der Waals surface area contributed by atoms with Crippen molar-refractivity contribution < 1.29 is 15.0 Å². The van der Waals surface area contributed by atoms with Gasteiger partial charge < -0.3 is 10.2 Å². The van der Waals surface area contributed by atoms with E-state index in [4.69, 9.17) is 0 Å². The maximum absolute atomic E-state index is 11.7. The molecule has 4 rings (SSSR count). The largest absolute Gasteiger partial charge is 0.479 e. The highest BCUT2D eigenvalue weighted by Gasteiger charge is 2.69. The second kappa shape index (κ2) is 7.71. The number of carbonyl (C=O) groups is 1. The summed E-state index contributed by atoms with van der Waals surface area (Å²) < 4.78 is 0. The van der Waals surface area contributed by atoms with Crippen molar-refractivity contribution in [2.45, 2.75) is 132 Å². The van der Waals surface area contributed by atoms with Crippen LogP contribution in [0.3, 0.4) is 0 Å². The SMILES string of the molecule is CC[C@@]1(C)CC[C@@H]2[C@@](C)(CC[C@@]3(C)[C@H]4CC(C)(C)CC[C@]4(C)CC[C@]23C)[C@H]1C[C@@H](O)C(=O)O. The Bertz CT molecular complexity index is 789. The standard InChI is InChI=1S/C30H52O3/c1-9-26(4)11-10-21-28(6,22(26)18-20(31)24(32)33)15-17-30(8)23-19-25(2,3)12-13-27(23,5)14-16-29(21,30)7/h20-23,31H,9-19H2,1-8H3,(H,32,33)/t20-,21-,22+,23+,26+,27-,28-,29-,30+/m1/s1. The third kappa shape index (κ3) is 3.56. The Kier molecular flexibility index (Phi) is 5.96. The van der Waals surface area contributed by atoms with E-state index in [-0.39, 0.29) is 16.7 Å². The molecule has 0 heterocycles. The van der Waals surface area contributed by atoms with Crippen molar-refractivity contribution >= 4 is 5.97 Å². The molecule has 4 aliphatic carbocycles. The van der Waals surface area contributed by atoms with Crippen LogP contribution in [0.4, 0.5) is 0 Å². The first-order chi connectivity index (χ1) is 15.1. The first kappa shape index (κ1) is 25.5. The molecule has 0 spiro atoms. The van der Waals surface area contributed by atoms with E-state index in [2.05, 4.69) is 55.4 Å². The van der Waals surface area contributed by atoms with Crippen LogP contribution in [0.2, 0.25) is 0 Å². The zero-order chi connectivity index (χ0) is 24.7. The van der Waals surface area contributed by atoms with Gasteiger partial charge in [0.2, 0.25) is 0 Å². The smallest absolute Gasteiger partial charge is 0.332 e. The lowest BCUT2D eigenvalue weighted by molar-refractivity contribution is -0.253. The van der Waals surface area contributed by atoms with Gasteiger partial charge in [-0.1, -0.05) is 61.8 Å². The minimum atomic E-state index is -1.24. The van der Waals surface area contributed by atoms with Gasteiger partial charge in [-0.2, -0.15) is 0 Å². The Morgan fingerprint density at radius 3 is 2.03 bits per heavy atom. The van der Waals surface area contributed by atoms with Gasteiger partial charge >= 0.3 is 5.97 Å². The zero-order valence-electron chi connectivity index (χ0n) is 22.9. The molecular weight excluding hydrogens is 408 g/mol. The van der Waals surface area contributed by atoms with E-state index in [1.807, 2.05) is 0 Å². The molecule has 0 bridgehead atoms. The molecular formula is C30H52O3. The average Bonchev–Trinajstić information content (AvgIpc) is 2.73. The van der Waals surface area contributed by atoms with Crippen LogP contribution in [-0.4, -0.2) is 22.3 Å². The van der Waals surface area contributed by atoms with Crippen molar-refractivity contribution in [2.24, 2.45) is 50.2 Å². The van der Waals surface area contributed by atoms with Gasteiger partial charge in [0.25, 0.3) is 0 Å².